The Labute approximate surface area is 83.7 Å². The number of nitrogens with zero attached hydrogens (tertiary/aromatic N) is 1. The third-order valence-electron chi connectivity index (χ3n) is 0.947. The SMILES string of the molecule is CCNCC.CC[N-]CC.[Li+]. The third kappa shape index (κ3) is 37.4. The molecule has 0 bridgehead atoms. The first-order valence-corrected chi connectivity index (χ1v) is 4.17. The van der Waals surface area contributed by atoms with E-state index in [0.29, 0.717) is 0 Å². The van der Waals surface area contributed by atoms with Crippen LogP contribution >= 0.6 is 0 Å². The molecule has 0 aromatic carbocycles. The Morgan fingerprint density at radius 1 is 0.909 bits per heavy atom. The summed E-state index contributed by atoms with van der Waals surface area (Å²) in [4.78, 5) is 0. The Kier molecular flexibility index (Phi) is 35.8. The van der Waals surface area contributed by atoms with Gasteiger partial charge in [-0.1, -0.05) is 27.7 Å². The molecule has 0 heterocycles. The van der Waals surface area contributed by atoms with Crippen LogP contribution in [0.4, 0.5) is 0 Å². The maximum absolute atomic E-state index is 3.97. The topological polar surface area (TPSA) is 26.1 Å². The molecule has 0 unspecified atom stereocenters. The summed E-state index contributed by atoms with van der Waals surface area (Å²) >= 11 is 0. The number of rotatable bonds is 4. The van der Waals surface area contributed by atoms with Gasteiger partial charge in [-0.05, 0) is 13.1 Å². The smallest absolute Gasteiger partial charge is 0.663 e. The average molecular weight is 152 g/mol. The number of hydrogen-bond acceptors (Lipinski definition) is 1. The number of hydrogen-bond donors (Lipinski definition) is 1. The summed E-state index contributed by atoms with van der Waals surface area (Å²) in [7, 11) is 0. The van der Waals surface area contributed by atoms with Gasteiger partial charge in [-0.25, -0.2) is 0 Å². The van der Waals surface area contributed by atoms with Crippen molar-refractivity contribution < 1.29 is 18.9 Å². The monoisotopic (exact) mass is 152 g/mol. The van der Waals surface area contributed by atoms with E-state index in [9.17, 15) is 0 Å². The van der Waals surface area contributed by atoms with Crippen LogP contribution in [-0.4, -0.2) is 26.2 Å². The van der Waals surface area contributed by atoms with Gasteiger partial charge in [0.05, 0.1) is 0 Å². The first-order valence-electron chi connectivity index (χ1n) is 4.17. The summed E-state index contributed by atoms with van der Waals surface area (Å²) in [5.41, 5.74) is 0. The average Bonchev–Trinajstić information content (AvgIpc) is 1.93. The summed E-state index contributed by atoms with van der Waals surface area (Å²) in [5.74, 6) is 0. The molecule has 64 valence electrons. The van der Waals surface area contributed by atoms with Crippen molar-refractivity contribution in [1.29, 1.82) is 0 Å². The van der Waals surface area contributed by atoms with Gasteiger partial charge in [0.15, 0.2) is 0 Å². The van der Waals surface area contributed by atoms with E-state index in [1.54, 1.807) is 0 Å². The van der Waals surface area contributed by atoms with Crippen molar-refractivity contribution in [3.05, 3.63) is 5.32 Å². The molecular formula is C8H21LiN2. The summed E-state index contributed by atoms with van der Waals surface area (Å²) in [6.07, 6.45) is 0. The second-order valence-electron chi connectivity index (χ2n) is 1.81. The standard InChI is InChI=1S/C4H11N.C4H10N.Li/c2*1-3-5-4-2;/h5H,3-4H2,1-2H3;3-4H2,1-2H3;/q;-1;+1. The Morgan fingerprint density at radius 2 is 1.27 bits per heavy atom. The van der Waals surface area contributed by atoms with Gasteiger partial charge in [-0.2, -0.15) is 13.1 Å². The fourth-order valence-corrected chi connectivity index (χ4v) is 0.474. The zero-order valence-electron chi connectivity index (χ0n) is 8.78. The molecule has 0 atom stereocenters. The Bertz CT molecular complexity index is 33.1. The van der Waals surface area contributed by atoms with E-state index in [2.05, 4.69) is 24.5 Å². The molecule has 0 spiro atoms. The summed E-state index contributed by atoms with van der Waals surface area (Å²) in [6, 6.07) is 0. The van der Waals surface area contributed by atoms with Crippen molar-refractivity contribution in [3.8, 4) is 0 Å². The Hall–Kier alpha value is 0.517. The molecule has 0 rings (SSSR count). The van der Waals surface area contributed by atoms with Crippen LogP contribution in [0.1, 0.15) is 27.7 Å². The third-order valence-corrected chi connectivity index (χ3v) is 0.947. The minimum atomic E-state index is 0. The summed E-state index contributed by atoms with van der Waals surface area (Å²) in [5, 5.41) is 7.08. The first-order chi connectivity index (χ1) is 4.83. The van der Waals surface area contributed by atoms with Gasteiger partial charge in [-0.15, -0.1) is 0 Å². The normalized spacial score (nSPS) is 7.64. The van der Waals surface area contributed by atoms with Gasteiger partial charge < -0.3 is 10.6 Å². The minimum absolute atomic E-state index is 0. The van der Waals surface area contributed by atoms with Crippen LogP contribution in [0.5, 0.6) is 0 Å². The second-order valence-corrected chi connectivity index (χ2v) is 1.81. The fraction of sp³-hybridized carbons (Fsp3) is 1.00. The zero-order valence-corrected chi connectivity index (χ0v) is 8.78. The van der Waals surface area contributed by atoms with Crippen molar-refractivity contribution in [3.63, 3.8) is 0 Å². The van der Waals surface area contributed by atoms with E-state index in [4.69, 9.17) is 0 Å². The van der Waals surface area contributed by atoms with Crippen LogP contribution in [-0.2, 0) is 0 Å². The van der Waals surface area contributed by atoms with E-state index < -0.39 is 0 Å². The van der Waals surface area contributed by atoms with Gasteiger partial charge in [0, 0.05) is 0 Å². The molecule has 3 heteroatoms. The molecule has 0 aromatic rings. The van der Waals surface area contributed by atoms with E-state index in [1.165, 1.54) is 0 Å². The molecule has 0 amide bonds. The molecule has 0 fully saturated rings. The van der Waals surface area contributed by atoms with Gasteiger partial charge in [0.1, 0.15) is 0 Å². The fourth-order valence-electron chi connectivity index (χ4n) is 0.474. The molecule has 0 radical (unpaired) electrons. The quantitative estimate of drug-likeness (QED) is 0.515. The number of nitrogens with one attached hydrogen (secondary N) is 1. The zero-order chi connectivity index (χ0) is 8.24. The van der Waals surface area contributed by atoms with Crippen molar-refractivity contribution in [2.75, 3.05) is 26.2 Å². The Morgan fingerprint density at radius 3 is 1.27 bits per heavy atom. The van der Waals surface area contributed by atoms with E-state index >= 15 is 0 Å². The van der Waals surface area contributed by atoms with Crippen molar-refractivity contribution in [2.24, 2.45) is 0 Å². The molecule has 0 aliphatic rings. The largest absolute Gasteiger partial charge is 1.00 e. The molecule has 1 N–H and O–H groups in total. The predicted molar refractivity (Wildman–Crippen MR) is 48.7 cm³/mol. The van der Waals surface area contributed by atoms with E-state index in [-0.39, 0.29) is 18.9 Å². The van der Waals surface area contributed by atoms with Crippen molar-refractivity contribution >= 4 is 0 Å². The van der Waals surface area contributed by atoms with Crippen LogP contribution in [0.15, 0.2) is 0 Å². The van der Waals surface area contributed by atoms with Crippen molar-refractivity contribution in [1.82, 2.24) is 5.32 Å². The van der Waals surface area contributed by atoms with Crippen molar-refractivity contribution in [2.45, 2.75) is 27.7 Å². The first kappa shape index (κ1) is 17.6. The molecule has 11 heavy (non-hydrogen) atoms. The van der Waals surface area contributed by atoms with Crippen LogP contribution in [0.3, 0.4) is 0 Å². The maximum Gasteiger partial charge on any atom is 1.00 e. The molecule has 0 saturated heterocycles. The predicted octanol–water partition coefficient (Wildman–Crippen LogP) is -0.980. The van der Waals surface area contributed by atoms with Gasteiger partial charge in [-0.3, -0.25) is 0 Å². The van der Waals surface area contributed by atoms with E-state index in [0.717, 1.165) is 26.2 Å². The van der Waals surface area contributed by atoms with E-state index in [1.807, 2.05) is 13.8 Å². The van der Waals surface area contributed by atoms with Crippen LogP contribution in [0.25, 0.3) is 5.32 Å². The van der Waals surface area contributed by atoms with Gasteiger partial charge in [0.25, 0.3) is 0 Å². The second kappa shape index (κ2) is 22.4. The summed E-state index contributed by atoms with van der Waals surface area (Å²) < 4.78 is 0. The van der Waals surface area contributed by atoms with Gasteiger partial charge in [0.2, 0.25) is 0 Å². The minimum Gasteiger partial charge on any atom is -0.663 e. The Balaban J connectivity index is -0.000000107. The maximum atomic E-state index is 3.97. The summed E-state index contributed by atoms with van der Waals surface area (Å²) in [6.45, 7) is 12.4. The molecule has 0 aliphatic heterocycles. The van der Waals surface area contributed by atoms with Crippen LogP contribution in [0, 0.1) is 0 Å². The molecule has 0 aromatic heterocycles. The molecule has 0 saturated carbocycles. The molecule has 2 nitrogen and oxygen atoms in total. The van der Waals surface area contributed by atoms with Crippen LogP contribution in [0.2, 0.25) is 0 Å². The van der Waals surface area contributed by atoms with Gasteiger partial charge >= 0.3 is 18.9 Å². The molecule has 0 aliphatic carbocycles. The van der Waals surface area contributed by atoms with Crippen LogP contribution < -0.4 is 24.2 Å². The molecular weight excluding hydrogens is 131 g/mol.